The second-order valence-corrected chi connectivity index (χ2v) is 6.09. The van der Waals surface area contributed by atoms with Gasteiger partial charge in [0, 0.05) is 20.9 Å². The summed E-state index contributed by atoms with van der Waals surface area (Å²) in [4.78, 5) is 0. The van der Waals surface area contributed by atoms with E-state index in [2.05, 4.69) is 50.8 Å². The van der Waals surface area contributed by atoms with E-state index in [0.29, 0.717) is 5.56 Å². The molecule has 0 N–H and O–H groups in total. The molecule has 3 heteroatoms. The number of halogens is 1. The van der Waals surface area contributed by atoms with E-state index in [1.807, 2.05) is 42.5 Å². The van der Waals surface area contributed by atoms with Crippen molar-refractivity contribution < 1.29 is 0 Å². The van der Waals surface area contributed by atoms with Crippen LogP contribution < -0.4 is 0 Å². The Hall–Kier alpha value is -2.57. The van der Waals surface area contributed by atoms with Crippen LogP contribution in [0.15, 0.2) is 71.2 Å². The minimum atomic E-state index is 0.680. The second-order valence-electron chi connectivity index (χ2n) is 5.18. The first-order chi connectivity index (χ1) is 10.8. The summed E-state index contributed by atoms with van der Waals surface area (Å²) < 4.78 is 3.27. The minimum absolute atomic E-state index is 0.680. The zero-order chi connectivity index (χ0) is 15.1. The molecule has 4 rings (SSSR count). The third-order valence-electron chi connectivity index (χ3n) is 3.87. The highest BCUT2D eigenvalue weighted by Gasteiger charge is 2.12. The highest BCUT2D eigenvalue weighted by atomic mass is 79.9. The normalized spacial score (nSPS) is 10.9. The molecule has 2 nitrogen and oxygen atoms in total. The Bertz CT molecular complexity index is 1040. The smallest absolute Gasteiger partial charge is 0.0991 e. The Kier molecular flexibility index (Phi) is 2.99. The standard InChI is InChI=1S/C19H11BrN2/c20-14-7-9-19-17(11-14)16-10-13(12-21)6-8-18(16)22(19)15-4-2-1-3-5-15/h1-11H. The number of aromatic nitrogens is 1. The average molecular weight is 347 g/mol. The van der Waals surface area contributed by atoms with E-state index in [1.165, 1.54) is 0 Å². The molecule has 0 atom stereocenters. The topological polar surface area (TPSA) is 28.7 Å². The fourth-order valence-electron chi connectivity index (χ4n) is 2.92. The van der Waals surface area contributed by atoms with Gasteiger partial charge in [-0.05, 0) is 48.5 Å². The molecule has 0 spiro atoms. The molecule has 0 saturated carbocycles. The third kappa shape index (κ3) is 1.93. The van der Waals surface area contributed by atoms with Gasteiger partial charge in [0.05, 0.1) is 22.7 Å². The van der Waals surface area contributed by atoms with Crippen molar-refractivity contribution in [2.45, 2.75) is 0 Å². The summed E-state index contributed by atoms with van der Waals surface area (Å²) in [7, 11) is 0. The molecule has 22 heavy (non-hydrogen) atoms. The van der Waals surface area contributed by atoms with Crippen molar-refractivity contribution in [1.29, 1.82) is 5.26 Å². The predicted molar refractivity (Wildman–Crippen MR) is 93.2 cm³/mol. The van der Waals surface area contributed by atoms with Crippen molar-refractivity contribution in [1.82, 2.24) is 4.57 Å². The maximum absolute atomic E-state index is 9.18. The number of benzene rings is 3. The van der Waals surface area contributed by atoms with Crippen LogP contribution in [0.4, 0.5) is 0 Å². The van der Waals surface area contributed by atoms with Gasteiger partial charge in [0.15, 0.2) is 0 Å². The van der Waals surface area contributed by atoms with Crippen LogP contribution in [-0.4, -0.2) is 4.57 Å². The van der Waals surface area contributed by atoms with Crippen molar-refractivity contribution in [3.8, 4) is 11.8 Å². The first-order valence-corrected chi connectivity index (χ1v) is 7.76. The number of nitriles is 1. The van der Waals surface area contributed by atoms with E-state index < -0.39 is 0 Å². The molecule has 1 aromatic heterocycles. The molecule has 0 unspecified atom stereocenters. The molecule has 0 radical (unpaired) electrons. The number of rotatable bonds is 1. The van der Waals surface area contributed by atoms with Gasteiger partial charge < -0.3 is 4.57 Å². The Morgan fingerprint density at radius 3 is 2.23 bits per heavy atom. The van der Waals surface area contributed by atoms with E-state index in [-0.39, 0.29) is 0 Å². The van der Waals surface area contributed by atoms with Crippen LogP contribution in [0.2, 0.25) is 0 Å². The second kappa shape index (κ2) is 5.01. The molecule has 0 aliphatic carbocycles. The van der Waals surface area contributed by atoms with Gasteiger partial charge in [-0.1, -0.05) is 34.1 Å². The lowest BCUT2D eigenvalue weighted by Crippen LogP contribution is -1.92. The molecule has 0 aliphatic rings. The van der Waals surface area contributed by atoms with Crippen LogP contribution in [0.3, 0.4) is 0 Å². The number of fused-ring (bicyclic) bond motifs is 3. The minimum Gasteiger partial charge on any atom is -0.309 e. The molecule has 0 saturated heterocycles. The monoisotopic (exact) mass is 346 g/mol. The molecule has 104 valence electrons. The van der Waals surface area contributed by atoms with Gasteiger partial charge in [0.25, 0.3) is 0 Å². The highest BCUT2D eigenvalue weighted by Crippen LogP contribution is 2.34. The van der Waals surface area contributed by atoms with Crippen LogP contribution in [0, 0.1) is 11.3 Å². The molecular formula is C19H11BrN2. The van der Waals surface area contributed by atoms with Crippen LogP contribution in [0.1, 0.15) is 5.56 Å². The van der Waals surface area contributed by atoms with E-state index in [0.717, 1.165) is 32.0 Å². The van der Waals surface area contributed by atoms with Crippen LogP contribution in [0.25, 0.3) is 27.5 Å². The summed E-state index contributed by atoms with van der Waals surface area (Å²) in [6.45, 7) is 0. The summed E-state index contributed by atoms with van der Waals surface area (Å²) >= 11 is 3.54. The maximum Gasteiger partial charge on any atom is 0.0991 e. The van der Waals surface area contributed by atoms with Gasteiger partial charge >= 0.3 is 0 Å². The zero-order valence-corrected chi connectivity index (χ0v) is 13.2. The van der Waals surface area contributed by atoms with Gasteiger partial charge in [-0.3, -0.25) is 0 Å². The lowest BCUT2D eigenvalue weighted by Gasteiger charge is -2.07. The number of para-hydroxylation sites is 1. The van der Waals surface area contributed by atoms with Crippen molar-refractivity contribution in [2.75, 3.05) is 0 Å². The predicted octanol–water partition coefficient (Wildman–Crippen LogP) is 5.42. The maximum atomic E-state index is 9.18. The van der Waals surface area contributed by atoms with E-state index in [4.69, 9.17) is 0 Å². The highest BCUT2D eigenvalue weighted by molar-refractivity contribution is 9.10. The van der Waals surface area contributed by atoms with Crippen molar-refractivity contribution >= 4 is 37.7 Å². The molecule has 0 bridgehead atoms. The molecular weight excluding hydrogens is 336 g/mol. The first kappa shape index (κ1) is 13.1. The Labute approximate surface area is 136 Å². The third-order valence-corrected chi connectivity index (χ3v) is 4.36. The number of nitrogens with zero attached hydrogens (tertiary/aromatic N) is 2. The number of hydrogen-bond acceptors (Lipinski definition) is 1. The molecule has 4 aromatic rings. The van der Waals surface area contributed by atoms with E-state index in [1.54, 1.807) is 0 Å². The van der Waals surface area contributed by atoms with E-state index >= 15 is 0 Å². The summed E-state index contributed by atoms with van der Waals surface area (Å²) in [5, 5.41) is 11.4. The van der Waals surface area contributed by atoms with Gasteiger partial charge in [0.1, 0.15) is 0 Å². The van der Waals surface area contributed by atoms with Crippen LogP contribution in [0.5, 0.6) is 0 Å². The van der Waals surface area contributed by atoms with Gasteiger partial charge in [-0.15, -0.1) is 0 Å². The van der Waals surface area contributed by atoms with Gasteiger partial charge in [0.2, 0.25) is 0 Å². The Balaban J connectivity index is 2.21. The molecule has 0 amide bonds. The van der Waals surface area contributed by atoms with Crippen molar-refractivity contribution in [3.63, 3.8) is 0 Å². The van der Waals surface area contributed by atoms with Crippen LogP contribution >= 0.6 is 15.9 Å². The molecule has 0 fully saturated rings. The SMILES string of the molecule is N#Cc1ccc2c(c1)c1cc(Br)ccc1n2-c1ccccc1. The summed E-state index contributed by atoms with van der Waals surface area (Å²) in [6, 6.07) is 24.6. The Morgan fingerprint density at radius 2 is 1.50 bits per heavy atom. The Morgan fingerprint density at radius 1 is 0.818 bits per heavy atom. The first-order valence-electron chi connectivity index (χ1n) is 6.97. The lowest BCUT2D eigenvalue weighted by molar-refractivity contribution is 1.18. The quantitative estimate of drug-likeness (QED) is 0.452. The molecule has 3 aromatic carbocycles. The number of hydrogen-bond donors (Lipinski definition) is 0. The molecule has 0 aliphatic heterocycles. The van der Waals surface area contributed by atoms with E-state index in [9.17, 15) is 5.26 Å². The lowest BCUT2D eigenvalue weighted by atomic mass is 10.1. The molecule has 1 heterocycles. The van der Waals surface area contributed by atoms with Crippen molar-refractivity contribution in [3.05, 3.63) is 76.8 Å². The summed E-state index contributed by atoms with van der Waals surface area (Å²) in [6.07, 6.45) is 0. The van der Waals surface area contributed by atoms with Gasteiger partial charge in [-0.25, -0.2) is 0 Å². The largest absolute Gasteiger partial charge is 0.309 e. The summed E-state index contributed by atoms with van der Waals surface area (Å²) in [5.41, 5.74) is 4.05. The fourth-order valence-corrected chi connectivity index (χ4v) is 3.28. The fraction of sp³-hybridized carbons (Fsp3) is 0. The van der Waals surface area contributed by atoms with Crippen LogP contribution in [-0.2, 0) is 0 Å². The van der Waals surface area contributed by atoms with Crippen molar-refractivity contribution in [2.24, 2.45) is 0 Å². The average Bonchev–Trinajstić information content (AvgIpc) is 2.88. The van der Waals surface area contributed by atoms with Gasteiger partial charge in [-0.2, -0.15) is 5.26 Å². The summed E-state index contributed by atoms with van der Waals surface area (Å²) in [5.74, 6) is 0. The zero-order valence-electron chi connectivity index (χ0n) is 11.6.